The van der Waals surface area contributed by atoms with Gasteiger partial charge in [0, 0.05) is 19.1 Å². The third kappa shape index (κ3) is 2.23. The number of ketones is 1. The van der Waals surface area contributed by atoms with Gasteiger partial charge in [0.05, 0.1) is 13.0 Å². The Morgan fingerprint density at radius 1 is 1.73 bits per heavy atom. The fourth-order valence-electron chi connectivity index (χ4n) is 1.78. The topological polar surface area (TPSA) is 57.0 Å². The molecule has 0 radical (unpaired) electrons. The number of Topliss-reactive ketones (excluding diaryl/α,β-unsaturated/α-hetero) is 1. The Morgan fingerprint density at radius 2 is 2.60 bits per heavy atom. The molecule has 0 aromatic carbocycles. The summed E-state index contributed by atoms with van der Waals surface area (Å²) in [4.78, 5) is 15.9. The van der Waals surface area contributed by atoms with Crippen molar-refractivity contribution in [3.63, 3.8) is 0 Å². The molecule has 2 rings (SSSR count). The van der Waals surface area contributed by atoms with E-state index in [9.17, 15) is 4.79 Å². The summed E-state index contributed by atoms with van der Waals surface area (Å²) in [5, 5.41) is 4.04. The zero-order valence-corrected chi connectivity index (χ0v) is 8.85. The van der Waals surface area contributed by atoms with Gasteiger partial charge in [-0.2, -0.15) is 5.10 Å². The molecule has 0 bridgehead atoms. The number of aromatic nitrogens is 3. The van der Waals surface area contributed by atoms with Crippen LogP contribution in [0.1, 0.15) is 19.2 Å². The summed E-state index contributed by atoms with van der Waals surface area (Å²) in [5.41, 5.74) is 0. The molecule has 1 unspecified atom stereocenters. The van der Waals surface area contributed by atoms with Crippen LogP contribution in [0.25, 0.3) is 0 Å². The van der Waals surface area contributed by atoms with Crippen LogP contribution in [0.4, 0.5) is 0 Å². The Labute approximate surface area is 88.4 Å². The molecule has 2 heterocycles. The molecule has 1 aromatic heterocycles. The normalized spacial score (nSPS) is 20.7. The molecule has 1 atom stereocenters. The Balaban J connectivity index is 1.98. The molecule has 1 aromatic rings. The highest BCUT2D eigenvalue weighted by Gasteiger charge is 2.24. The molecule has 15 heavy (non-hydrogen) atoms. The van der Waals surface area contributed by atoms with Crippen LogP contribution < -0.4 is 0 Å². The predicted octanol–water partition coefficient (Wildman–Crippen LogP) is 0.446. The van der Waals surface area contributed by atoms with Crippen LogP contribution in [0, 0.1) is 5.92 Å². The van der Waals surface area contributed by atoms with Gasteiger partial charge in [0.2, 0.25) is 0 Å². The number of carbonyl (C=O) groups excluding carboxylic acids is 1. The van der Waals surface area contributed by atoms with Crippen molar-refractivity contribution in [1.29, 1.82) is 0 Å². The first-order chi connectivity index (χ1) is 7.31. The Hall–Kier alpha value is -1.23. The zero-order valence-electron chi connectivity index (χ0n) is 8.85. The van der Waals surface area contributed by atoms with Crippen LogP contribution in [0.2, 0.25) is 0 Å². The van der Waals surface area contributed by atoms with E-state index in [1.807, 2.05) is 6.92 Å². The largest absolute Gasteiger partial charge is 0.381 e. The maximum Gasteiger partial charge on any atom is 0.145 e. The predicted molar refractivity (Wildman–Crippen MR) is 53.3 cm³/mol. The lowest BCUT2D eigenvalue weighted by atomic mass is 10.0. The summed E-state index contributed by atoms with van der Waals surface area (Å²) in [6.45, 7) is 4.01. The number of hydrogen-bond donors (Lipinski definition) is 0. The number of hydrogen-bond acceptors (Lipinski definition) is 4. The average molecular weight is 209 g/mol. The molecule has 0 saturated carbocycles. The van der Waals surface area contributed by atoms with Crippen molar-refractivity contribution < 1.29 is 9.53 Å². The summed E-state index contributed by atoms with van der Waals surface area (Å²) in [5.74, 6) is 1.04. The summed E-state index contributed by atoms with van der Waals surface area (Å²) >= 11 is 0. The number of ether oxygens (including phenoxy) is 1. The lowest BCUT2D eigenvalue weighted by molar-refractivity contribution is -0.122. The van der Waals surface area contributed by atoms with Crippen molar-refractivity contribution in [2.75, 3.05) is 13.2 Å². The van der Waals surface area contributed by atoms with E-state index in [1.54, 1.807) is 4.68 Å². The fourth-order valence-corrected chi connectivity index (χ4v) is 1.78. The van der Waals surface area contributed by atoms with E-state index < -0.39 is 0 Å². The molecule has 1 fully saturated rings. The maximum absolute atomic E-state index is 11.8. The monoisotopic (exact) mass is 209 g/mol. The van der Waals surface area contributed by atoms with Gasteiger partial charge in [-0.25, -0.2) is 9.67 Å². The first kappa shape index (κ1) is 10.3. The minimum Gasteiger partial charge on any atom is -0.381 e. The fraction of sp³-hybridized carbons (Fsp3) is 0.700. The molecule has 0 aliphatic carbocycles. The van der Waals surface area contributed by atoms with E-state index >= 15 is 0 Å². The maximum atomic E-state index is 11.8. The van der Waals surface area contributed by atoms with Crippen molar-refractivity contribution in [3.8, 4) is 0 Å². The summed E-state index contributed by atoms with van der Waals surface area (Å²) in [7, 11) is 0. The van der Waals surface area contributed by atoms with Gasteiger partial charge in [-0.3, -0.25) is 4.79 Å². The number of nitrogens with zero attached hydrogens (tertiary/aromatic N) is 3. The van der Waals surface area contributed by atoms with Gasteiger partial charge >= 0.3 is 0 Å². The van der Waals surface area contributed by atoms with E-state index in [0.717, 1.165) is 18.8 Å². The molecule has 0 N–H and O–H groups in total. The molecule has 82 valence electrons. The van der Waals surface area contributed by atoms with E-state index in [1.165, 1.54) is 6.33 Å². The highest BCUT2D eigenvalue weighted by atomic mass is 16.5. The quantitative estimate of drug-likeness (QED) is 0.722. The molecule has 5 heteroatoms. The second-order valence-corrected chi connectivity index (χ2v) is 3.70. The Kier molecular flexibility index (Phi) is 3.11. The Morgan fingerprint density at radius 3 is 3.27 bits per heavy atom. The van der Waals surface area contributed by atoms with Crippen molar-refractivity contribution in [3.05, 3.63) is 12.2 Å². The van der Waals surface area contributed by atoms with E-state index in [-0.39, 0.29) is 11.7 Å². The minimum atomic E-state index is 0.0620. The second-order valence-electron chi connectivity index (χ2n) is 3.70. The smallest absolute Gasteiger partial charge is 0.145 e. The van der Waals surface area contributed by atoms with Gasteiger partial charge in [-0.05, 0) is 13.3 Å². The Bertz CT molecular complexity index is 342. The van der Waals surface area contributed by atoms with Gasteiger partial charge < -0.3 is 4.74 Å². The van der Waals surface area contributed by atoms with Gasteiger partial charge in [-0.15, -0.1) is 0 Å². The van der Waals surface area contributed by atoms with Crippen molar-refractivity contribution >= 4 is 5.78 Å². The van der Waals surface area contributed by atoms with Crippen LogP contribution in [-0.4, -0.2) is 33.8 Å². The molecule has 0 amide bonds. The molecule has 1 saturated heterocycles. The van der Waals surface area contributed by atoms with Gasteiger partial charge in [-0.1, -0.05) is 0 Å². The standard InChI is InChI=1S/C10H15N3O2/c1-2-13-10(11-7-12-13)5-9(14)8-3-4-15-6-8/h7-8H,2-6H2,1H3. The SMILES string of the molecule is CCn1ncnc1CC(=O)C1CCOC1. The van der Waals surface area contributed by atoms with Gasteiger partial charge in [0.15, 0.2) is 0 Å². The highest BCUT2D eigenvalue weighted by Crippen LogP contribution is 2.15. The average Bonchev–Trinajstić information content (AvgIpc) is 2.87. The lowest BCUT2D eigenvalue weighted by Crippen LogP contribution is -2.19. The molecule has 5 nitrogen and oxygen atoms in total. The summed E-state index contributed by atoms with van der Waals surface area (Å²) in [6, 6.07) is 0. The van der Waals surface area contributed by atoms with Crippen molar-refractivity contribution in [2.24, 2.45) is 5.92 Å². The number of rotatable bonds is 4. The van der Waals surface area contributed by atoms with Crippen molar-refractivity contribution in [2.45, 2.75) is 26.3 Å². The first-order valence-corrected chi connectivity index (χ1v) is 5.28. The van der Waals surface area contributed by atoms with Crippen LogP contribution in [-0.2, 0) is 22.5 Å². The zero-order chi connectivity index (χ0) is 10.7. The van der Waals surface area contributed by atoms with Crippen molar-refractivity contribution in [1.82, 2.24) is 14.8 Å². The van der Waals surface area contributed by atoms with Crippen LogP contribution in [0.5, 0.6) is 0 Å². The first-order valence-electron chi connectivity index (χ1n) is 5.28. The van der Waals surface area contributed by atoms with Crippen LogP contribution in [0.3, 0.4) is 0 Å². The highest BCUT2D eigenvalue weighted by molar-refractivity contribution is 5.82. The van der Waals surface area contributed by atoms with Gasteiger partial charge in [0.1, 0.15) is 17.9 Å². The third-order valence-electron chi connectivity index (χ3n) is 2.71. The lowest BCUT2D eigenvalue weighted by Gasteiger charge is -2.06. The van der Waals surface area contributed by atoms with E-state index in [2.05, 4.69) is 10.1 Å². The molecule has 1 aliphatic heterocycles. The number of carbonyl (C=O) groups is 1. The van der Waals surface area contributed by atoms with Crippen LogP contribution >= 0.6 is 0 Å². The van der Waals surface area contributed by atoms with E-state index in [4.69, 9.17) is 4.74 Å². The molecule has 0 spiro atoms. The number of aryl methyl sites for hydroxylation is 1. The minimum absolute atomic E-state index is 0.0620. The second kappa shape index (κ2) is 4.53. The van der Waals surface area contributed by atoms with E-state index in [0.29, 0.717) is 19.6 Å². The molecular formula is C10H15N3O2. The third-order valence-corrected chi connectivity index (χ3v) is 2.71. The van der Waals surface area contributed by atoms with Gasteiger partial charge in [0.25, 0.3) is 0 Å². The summed E-state index contributed by atoms with van der Waals surface area (Å²) < 4.78 is 6.95. The van der Waals surface area contributed by atoms with Crippen LogP contribution in [0.15, 0.2) is 6.33 Å². The summed E-state index contributed by atoms with van der Waals surface area (Å²) in [6.07, 6.45) is 2.72. The molecular weight excluding hydrogens is 194 g/mol. The molecule has 1 aliphatic rings.